The molecule has 4 aromatic heterocycles. The fourth-order valence-corrected chi connectivity index (χ4v) is 61.1. The maximum Gasteiger partial charge on any atom is 0.488 e. The van der Waals surface area contributed by atoms with E-state index in [0.29, 0.717) is 5.46 Å². The van der Waals surface area contributed by atoms with Crippen LogP contribution in [0.3, 0.4) is 0 Å². The van der Waals surface area contributed by atoms with Crippen LogP contribution in [-0.4, -0.2) is 26.3 Å². The predicted octanol–water partition coefficient (Wildman–Crippen LogP) is 15.1. The summed E-state index contributed by atoms with van der Waals surface area (Å²) in [4.78, 5) is 0. The third-order valence-corrected chi connectivity index (χ3v) is 63.0. The summed E-state index contributed by atoms with van der Waals surface area (Å²) < 4.78 is 10.8. The maximum absolute atomic E-state index is 9.43. The minimum atomic E-state index is -1.46. The van der Waals surface area contributed by atoms with Crippen LogP contribution in [0.4, 0.5) is 0 Å². The van der Waals surface area contributed by atoms with Gasteiger partial charge < -0.3 is 19.2 Å². The summed E-state index contributed by atoms with van der Waals surface area (Å²) in [5.41, 5.74) is 9.86. The number of halogens is 3. The minimum absolute atomic E-state index is 0.503. The molecule has 2 N–H and O–H groups in total. The molecule has 480 valence electrons. The number of fused-ring (bicyclic) bond motifs is 8. The van der Waals surface area contributed by atoms with Gasteiger partial charge in [0, 0.05) is 335 Å². The molecule has 8 aromatic carbocycles. The van der Waals surface area contributed by atoms with Crippen LogP contribution in [0.2, 0.25) is 0 Å². The van der Waals surface area contributed by atoms with Crippen LogP contribution in [0.5, 0.6) is 0 Å². The molecule has 0 aliphatic heterocycles. The molecule has 0 atom stereocenters. The van der Waals surface area contributed by atoms with Gasteiger partial charge in [-0.25, -0.2) is 0 Å². The quantitative estimate of drug-likeness (QED) is 0.134. The molecule has 0 aliphatic rings. The molecule has 0 spiro atoms. The summed E-state index contributed by atoms with van der Waals surface area (Å²) >= 11 is 41.1. The van der Waals surface area contributed by atoms with Crippen LogP contribution in [0.15, 0.2) is 202 Å². The first kappa shape index (κ1) is 80.9. The van der Waals surface area contributed by atoms with E-state index >= 15 is 0 Å². The summed E-state index contributed by atoms with van der Waals surface area (Å²) in [6, 6.07) is 63.1. The Kier molecular flexibility index (Phi) is 41.3. The van der Waals surface area contributed by atoms with Crippen molar-refractivity contribution in [2.24, 2.45) is 0 Å². The zero-order valence-electron chi connectivity index (χ0n) is 45.0. The fourth-order valence-electron chi connectivity index (χ4n) is 8.37. The van der Waals surface area contributed by atoms with Crippen molar-refractivity contribution in [3.63, 3.8) is 0 Å². The van der Waals surface area contributed by atoms with E-state index in [1.54, 1.807) is 189 Å². The van der Waals surface area contributed by atoms with E-state index in [1.807, 2.05) is 42.5 Å². The molecule has 12 aromatic rings. The molecule has 40 heteroatoms. The first-order valence-corrected chi connectivity index (χ1v) is 64.8. The number of hydrogen-bond donors (Lipinski definition) is 2. The van der Waals surface area contributed by atoms with Gasteiger partial charge in [0.2, 0.25) is 0 Å². The summed E-state index contributed by atoms with van der Waals surface area (Å²) in [6.07, 6.45) is 0. The molecule has 0 fully saturated rings. The number of hydrogen-bond acceptors (Lipinski definition) is 10. The molecule has 0 radical (unpaired) electrons. The second kappa shape index (κ2) is 46.9. The Balaban J connectivity index is 0.000000168. The molecule has 0 amide bonds. The Hall–Kier alpha value is 1.55. The standard InChI is InChI=1S/C26H16BrNS.C18H14BNO2.C8H4BrIS.S11.S10.S9/c27-23-16-26-18(12-13-29-26)15-21(23)17-10-11-25-22(14-17)20-8-4-5-9-24(20)28(25)19-6-2-1-3-7-19;21-19(22)13-10-11-18-16(12-13)15-8-4-5-9-17(15)20(18)14-6-2-1-3-7-14;9-6-4-8-5(1-2-11-8)3-7(6)10;1-3-5-7-9-11-10-8-6-4-2;1-3-5-7-9-10-8-6-4-2;1-3-5-7-9-8-6-4-2/h1-16H;1-12,21-22H;1-4H;;;. The van der Waals surface area contributed by atoms with Gasteiger partial charge in [-0.2, -0.15) is 0 Å². The van der Waals surface area contributed by atoms with E-state index in [-0.39, 0.29) is 0 Å². The smallest absolute Gasteiger partial charge is 0.423 e. The van der Waals surface area contributed by atoms with Crippen LogP contribution in [0, 0.1) is 3.57 Å². The largest absolute Gasteiger partial charge is 0.488 e. The van der Waals surface area contributed by atoms with Crippen molar-refractivity contribution < 1.29 is 10.0 Å². The molecule has 0 saturated heterocycles. The van der Waals surface area contributed by atoms with Gasteiger partial charge in [-0.3, -0.25) is 0 Å². The molecule has 0 bridgehead atoms. The first-order valence-electron chi connectivity index (χ1n) is 24.3. The lowest BCUT2D eigenvalue weighted by atomic mass is 9.80. The van der Waals surface area contributed by atoms with Gasteiger partial charge in [0.25, 0.3) is 0 Å². The van der Waals surface area contributed by atoms with E-state index in [4.69, 9.17) is 0 Å². The topological polar surface area (TPSA) is 50.3 Å². The fraction of sp³-hybridized carbons (Fsp3) is 0. The van der Waals surface area contributed by atoms with E-state index in [9.17, 15) is 10.0 Å². The third-order valence-electron chi connectivity index (χ3n) is 11.6. The average Bonchev–Trinajstić information content (AvgIpc) is 1.68. The van der Waals surface area contributed by atoms with Gasteiger partial charge in [-0.15, -0.1) is 22.7 Å². The van der Waals surface area contributed by atoms with Gasteiger partial charge in [0.1, 0.15) is 0 Å². The highest BCUT2D eigenvalue weighted by atomic mass is 127. The SMILES string of the molecule is Brc1cc2sccc2cc1-c1ccc2c(c1)c1ccccc1n2-c1ccccc1.Brc1cc2sccc2cc1I.OB(O)c1ccc2c(c1)c1ccccc1n2-c1ccccc1.S=S=S=S=S=S=S=S=S.S=S=S=S=S=S=S=S=S=S.S=S=S=S=S=S=S=S=S=S=S. The van der Waals surface area contributed by atoms with Crippen LogP contribution in [0.1, 0.15) is 0 Å². The Morgan fingerprint density at radius 1 is 0.359 bits per heavy atom. The second-order valence-corrected chi connectivity index (χ2v) is 63.6. The molecule has 0 saturated carbocycles. The van der Waals surface area contributed by atoms with Gasteiger partial charge in [0.15, 0.2) is 0 Å². The summed E-state index contributed by atoms with van der Waals surface area (Å²) in [5.74, 6) is 0. The summed E-state index contributed by atoms with van der Waals surface area (Å²) in [6.45, 7) is 0. The molecule has 4 heterocycles. The second-order valence-electron chi connectivity index (χ2n) is 16.4. The zero-order valence-corrected chi connectivity index (χ0v) is 76.5. The van der Waals surface area contributed by atoms with Gasteiger partial charge in [0.05, 0.1) is 22.1 Å². The van der Waals surface area contributed by atoms with Crippen LogP contribution >= 0.6 is 77.1 Å². The van der Waals surface area contributed by atoms with E-state index in [0.717, 1.165) is 32.0 Å². The number of benzene rings is 8. The van der Waals surface area contributed by atoms with Crippen molar-refractivity contribution in [2.75, 3.05) is 0 Å². The van der Waals surface area contributed by atoms with Crippen molar-refractivity contribution in [3.05, 3.63) is 205 Å². The van der Waals surface area contributed by atoms with Crippen molar-refractivity contribution in [1.82, 2.24) is 9.13 Å². The van der Waals surface area contributed by atoms with Gasteiger partial charge >= 0.3 is 7.12 Å². The van der Waals surface area contributed by atoms with E-state index < -0.39 is 7.12 Å². The number of aromatic nitrogens is 2. The molecule has 92 heavy (non-hydrogen) atoms. The molecular formula is C52H34BBr2IN2O2S32. The van der Waals surface area contributed by atoms with Gasteiger partial charge in [-0.05, 0) is 168 Å². The lowest BCUT2D eigenvalue weighted by Gasteiger charge is -2.09. The van der Waals surface area contributed by atoms with E-state index in [1.165, 1.54) is 120 Å². The molecular weight excluding hydrogens is 2010 g/mol. The predicted molar refractivity (Wildman–Crippen MR) is 503 cm³/mol. The highest BCUT2D eigenvalue weighted by molar-refractivity contribution is 14.1. The Labute approximate surface area is 668 Å². The monoisotopic (exact) mass is 2040 g/mol. The highest BCUT2D eigenvalue weighted by Gasteiger charge is 2.17. The Bertz CT molecular complexity index is 5670. The number of rotatable bonds is 4. The van der Waals surface area contributed by atoms with Crippen LogP contribution in [-0.2, 0) is 280 Å². The summed E-state index contributed by atoms with van der Waals surface area (Å²) in [5, 5.41) is 30.4. The molecule has 12 rings (SSSR count). The van der Waals surface area contributed by atoms with Crippen LogP contribution in [0.25, 0.3) is 86.3 Å². The van der Waals surface area contributed by atoms with Crippen molar-refractivity contribution in [3.8, 4) is 22.5 Å². The Morgan fingerprint density at radius 3 is 1.14 bits per heavy atom. The molecule has 0 unspecified atom stereocenters. The number of thiophene rings is 2. The molecule has 0 aliphatic carbocycles. The highest BCUT2D eigenvalue weighted by Crippen LogP contribution is 2.39. The maximum atomic E-state index is 9.43. The average molecular weight is 2040 g/mol. The van der Waals surface area contributed by atoms with Gasteiger partial charge in [-0.1, -0.05) is 107 Å². The van der Waals surface area contributed by atoms with E-state index in [2.05, 4.69) is 275 Å². The lowest BCUT2D eigenvalue weighted by molar-refractivity contribution is 0.426. The van der Waals surface area contributed by atoms with Crippen molar-refractivity contribution in [1.29, 1.82) is 0 Å². The van der Waals surface area contributed by atoms with Crippen LogP contribution < -0.4 is 5.46 Å². The van der Waals surface area contributed by atoms with Crippen molar-refractivity contribution >= 4 is 434 Å². The third kappa shape index (κ3) is 25.8. The summed E-state index contributed by atoms with van der Waals surface area (Å²) in [7, 11) is 36.6. The normalized spacial score (nSPS) is 9.84. The Morgan fingerprint density at radius 2 is 0.717 bits per heavy atom. The van der Waals surface area contributed by atoms with Crippen molar-refractivity contribution in [2.45, 2.75) is 0 Å². The zero-order chi connectivity index (χ0) is 65.3. The number of para-hydroxylation sites is 4. The minimum Gasteiger partial charge on any atom is -0.423 e. The number of nitrogens with zero attached hydrogens (tertiary/aromatic N) is 2. The molecule has 4 nitrogen and oxygen atoms in total. The first-order chi connectivity index (χ1) is 45.1. The lowest BCUT2D eigenvalue weighted by Crippen LogP contribution is -2.29.